The van der Waals surface area contributed by atoms with Crippen molar-refractivity contribution in [3.8, 4) is 0 Å². The summed E-state index contributed by atoms with van der Waals surface area (Å²) in [7, 11) is 0. The number of alkyl halides is 3. The number of hydrogen-bond acceptors (Lipinski definition) is 3. The molecule has 1 atom stereocenters. The molecule has 1 fully saturated rings. The first-order chi connectivity index (χ1) is 12.0. The van der Waals surface area contributed by atoms with Gasteiger partial charge < -0.3 is 20.3 Å². The second-order valence-electron chi connectivity index (χ2n) is 7.00. The minimum absolute atomic E-state index is 0.0341. The van der Waals surface area contributed by atoms with Gasteiger partial charge in [-0.05, 0) is 38.5 Å². The highest BCUT2D eigenvalue weighted by atomic mass is 19.4. The van der Waals surface area contributed by atoms with Crippen LogP contribution in [0.1, 0.15) is 37.9 Å². The number of ether oxygens (including phenoxy) is 1. The zero-order valence-electron chi connectivity index (χ0n) is 14.8. The Kier molecular flexibility index (Phi) is 5.68. The fourth-order valence-electron chi connectivity index (χ4n) is 2.52. The van der Waals surface area contributed by atoms with Crippen LogP contribution in [0.15, 0.2) is 24.3 Å². The average Bonchev–Trinajstić information content (AvgIpc) is 2.89. The van der Waals surface area contributed by atoms with Crippen molar-refractivity contribution >= 4 is 12.1 Å². The van der Waals surface area contributed by atoms with E-state index in [1.54, 1.807) is 20.8 Å². The summed E-state index contributed by atoms with van der Waals surface area (Å²) in [4.78, 5) is 25.3. The predicted molar refractivity (Wildman–Crippen MR) is 88.5 cm³/mol. The standard InChI is InChI=1S/C17H22F3N3O3/c1-16(2,3)26-15(25)22-13(10-23-8-7-21-14(23)24)11-5-4-6-12(9-11)17(18,19)20/h4-6,9,13H,7-8,10H2,1-3H3,(H,21,24)(H,22,25). The predicted octanol–water partition coefficient (Wildman–Crippen LogP) is 3.30. The molecule has 2 N–H and O–H groups in total. The molecule has 0 aromatic heterocycles. The van der Waals surface area contributed by atoms with Crippen molar-refractivity contribution in [2.45, 2.75) is 38.6 Å². The Morgan fingerprint density at radius 2 is 2.04 bits per heavy atom. The van der Waals surface area contributed by atoms with E-state index in [0.717, 1.165) is 12.1 Å². The molecule has 1 saturated heterocycles. The van der Waals surface area contributed by atoms with Crippen LogP contribution in [-0.4, -0.2) is 42.3 Å². The fraction of sp³-hybridized carbons (Fsp3) is 0.529. The lowest BCUT2D eigenvalue weighted by molar-refractivity contribution is -0.137. The van der Waals surface area contributed by atoms with Crippen LogP contribution in [0.4, 0.5) is 22.8 Å². The Labute approximate surface area is 149 Å². The van der Waals surface area contributed by atoms with Crippen molar-refractivity contribution in [3.63, 3.8) is 0 Å². The van der Waals surface area contributed by atoms with E-state index >= 15 is 0 Å². The maximum atomic E-state index is 13.0. The number of hydrogen-bond donors (Lipinski definition) is 2. The van der Waals surface area contributed by atoms with E-state index in [9.17, 15) is 22.8 Å². The summed E-state index contributed by atoms with van der Waals surface area (Å²) in [5.74, 6) is 0. The molecule has 26 heavy (non-hydrogen) atoms. The van der Waals surface area contributed by atoms with Gasteiger partial charge in [0.05, 0.1) is 11.6 Å². The van der Waals surface area contributed by atoms with Crippen LogP contribution in [0.25, 0.3) is 0 Å². The van der Waals surface area contributed by atoms with E-state index in [1.165, 1.54) is 17.0 Å². The van der Waals surface area contributed by atoms with E-state index in [4.69, 9.17) is 4.74 Å². The first kappa shape index (κ1) is 19.9. The summed E-state index contributed by atoms with van der Waals surface area (Å²) < 4.78 is 44.2. The normalized spacial score (nSPS) is 16.2. The molecule has 1 aromatic carbocycles. The van der Waals surface area contributed by atoms with Crippen molar-refractivity contribution in [3.05, 3.63) is 35.4 Å². The van der Waals surface area contributed by atoms with Crippen molar-refractivity contribution in [2.75, 3.05) is 19.6 Å². The number of nitrogens with zero attached hydrogens (tertiary/aromatic N) is 1. The first-order valence-electron chi connectivity index (χ1n) is 8.15. The van der Waals surface area contributed by atoms with Crippen LogP contribution in [0.3, 0.4) is 0 Å². The number of nitrogens with one attached hydrogen (secondary N) is 2. The average molecular weight is 373 g/mol. The van der Waals surface area contributed by atoms with Gasteiger partial charge in [-0.25, -0.2) is 9.59 Å². The summed E-state index contributed by atoms with van der Waals surface area (Å²) in [6.07, 6.45) is -5.27. The molecule has 1 heterocycles. The number of amides is 3. The lowest BCUT2D eigenvalue weighted by Crippen LogP contribution is -2.41. The quantitative estimate of drug-likeness (QED) is 0.851. The highest BCUT2D eigenvalue weighted by Gasteiger charge is 2.32. The van der Waals surface area contributed by atoms with Crippen molar-refractivity contribution in [1.82, 2.24) is 15.5 Å². The zero-order valence-corrected chi connectivity index (χ0v) is 14.8. The van der Waals surface area contributed by atoms with Gasteiger partial charge in [0, 0.05) is 19.6 Å². The molecular weight excluding hydrogens is 351 g/mol. The molecule has 1 unspecified atom stereocenters. The summed E-state index contributed by atoms with van der Waals surface area (Å²) >= 11 is 0. The summed E-state index contributed by atoms with van der Waals surface area (Å²) in [6, 6.07) is 3.51. The van der Waals surface area contributed by atoms with Gasteiger partial charge in [0.1, 0.15) is 5.60 Å². The van der Waals surface area contributed by atoms with E-state index in [1.807, 2.05) is 0 Å². The van der Waals surface area contributed by atoms with Crippen molar-refractivity contribution in [2.24, 2.45) is 0 Å². The molecular formula is C17H22F3N3O3. The number of carbonyl (C=O) groups is 2. The van der Waals surface area contributed by atoms with E-state index in [0.29, 0.717) is 13.1 Å². The second kappa shape index (κ2) is 7.43. The largest absolute Gasteiger partial charge is 0.444 e. The van der Waals surface area contributed by atoms with Crippen molar-refractivity contribution in [1.29, 1.82) is 0 Å². The molecule has 0 aliphatic carbocycles. The summed E-state index contributed by atoms with van der Waals surface area (Å²) in [5, 5.41) is 5.18. The number of alkyl carbamates (subject to hydrolysis) is 1. The molecule has 0 radical (unpaired) electrons. The number of rotatable bonds is 4. The molecule has 144 valence electrons. The maximum Gasteiger partial charge on any atom is 0.416 e. The maximum absolute atomic E-state index is 13.0. The fourth-order valence-corrected chi connectivity index (χ4v) is 2.52. The third-order valence-corrected chi connectivity index (χ3v) is 3.66. The highest BCUT2D eigenvalue weighted by Crippen LogP contribution is 2.31. The van der Waals surface area contributed by atoms with Gasteiger partial charge in [-0.3, -0.25) is 0 Å². The monoisotopic (exact) mass is 373 g/mol. The van der Waals surface area contributed by atoms with Crippen LogP contribution in [0.5, 0.6) is 0 Å². The molecule has 6 nitrogen and oxygen atoms in total. The lowest BCUT2D eigenvalue weighted by atomic mass is 10.0. The van der Waals surface area contributed by atoms with Gasteiger partial charge in [0.15, 0.2) is 0 Å². The van der Waals surface area contributed by atoms with Crippen molar-refractivity contribution < 1.29 is 27.5 Å². The van der Waals surface area contributed by atoms with Crippen LogP contribution in [-0.2, 0) is 10.9 Å². The highest BCUT2D eigenvalue weighted by molar-refractivity contribution is 5.76. The van der Waals surface area contributed by atoms with Crippen LogP contribution >= 0.6 is 0 Å². The number of carbonyl (C=O) groups excluding carboxylic acids is 2. The SMILES string of the molecule is CC(C)(C)OC(=O)NC(CN1CCNC1=O)c1cccc(C(F)(F)F)c1. The molecule has 0 spiro atoms. The Hall–Kier alpha value is -2.45. The third-order valence-electron chi connectivity index (χ3n) is 3.66. The molecule has 9 heteroatoms. The van der Waals surface area contributed by atoms with Gasteiger partial charge in [-0.2, -0.15) is 13.2 Å². The Morgan fingerprint density at radius 1 is 1.35 bits per heavy atom. The van der Waals surface area contributed by atoms with E-state index in [2.05, 4.69) is 10.6 Å². The lowest BCUT2D eigenvalue weighted by Gasteiger charge is -2.27. The van der Waals surface area contributed by atoms with Crippen LogP contribution < -0.4 is 10.6 Å². The van der Waals surface area contributed by atoms with Crippen LogP contribution in [0, 0.1) is 0 Å². The van der Waals surface area contributed by atoms with Gasteiger partial charge in [0.25, 0.3) is 0 Å². The first-order valence-corrected chi connectivity index (χ1v) is 8.15. The molecule has 1 aliphatic heterocycles. The van der Waals surface area contributed by atoms with Gasteiger partial charge in [-0.1, -0.05) is 12.1 Å². The molecule has 0 bridgehead atoms. The minimum atomic E-state index is -4.50. The molecule has 1 aliphatic rings. The van der Waals surface area contributed by atoms with E-state index < -0.39 is 29.5 Å². The molecule has 0 saturated carbocycles. The topological polar surface area (TPSA) is 70.7 Å². The Morgan fingerprint density at radius 3 is 2.58 bits per heavy atom. The third kappa shape index (κ3) is 5.53. The molecule has 3 amide bonds. The number of urea groups is 1. The number of benzene rings is 1. The van der Waals surface area contributed by atoms with Crippen LogP contribution in [0.2, 0.25) is 0 Å². The second-order valence-corrected chi connectivity index (χ2v) is 7.00. The summed E-state index contributed by atoms with van der Waals surface area (Å²) in [5.41, 5.74) is -1.34. The zero-order chi connectivity index (χ0) is 19.5. The van der Waals surface area contributed by atoms with Gasteiger partial charge in [-0.15, -0.1) is 0 Å². The van der Waals surface area contributed by atoms with E-state index in [-0.39, 0.29) is 18.1 Å². The molecule has 1 aromatic rings. The smallest absolute Gasteiger partial charge is 0.416 e. The summed E-state index contributed by atoms with van der Waals surface area (Å²) in [6.45, 7) is 5.93. The van der Waals surface area contributed by atoms with Gasteiger partial charge >= 0.3 is 18.3 Å². The number of halogens is 3. The Bertz CT molecular complexity index is 671. The Balaban J connectivity index is 2.25. The van der Waals surface area contributed by atoms with Gasteiger partial charge in [0.2, 0.25) is 0 Å². The minimum Gasteiger partial charge on any atom is -0.444 e. The molecule has 2 rings (SSSR count).